The van der Waals surface area contributed by atoms with Gasteiger partial charge in [-0.25, -0.2) is 4.79 Å². The van der Waals surface area contributed by atoms with E-state index in [0.29, 0.717) is 65.9 Å². The highest BCUT2D eigenvalue weighted by molar-refractivity contribution is 6.30. The molecule has 1 saturated heterocycles. The summed E-state index contributed by atoms with van der Waals surface area (Å²) in [6.07, 6.45) is -1.24. The molecule has 178 valence electrons. The van der Waals surface area contributed by atoms with Crippen molar-refractivity contribution in [2.45, 2.75) is 37.5 Å². The SMILES string of the molecule is O=C1Nc2ccc(Cl)cc2[C@H](c2cccc3c2OCCO3)O[C@H]1CC(=O)N1CCC[C@H]1C(=O)O. The first kappa shape index (κ1) is 22.5. The maximum Gasteiger partial charge on any atom is 0.326 e. The lowest BCUT2D eigenvalue weighted by molar-refractivity contribution is -0.150. The summed E-state index contributed by atoms with van der Waals surface area (Å²) in [5, 5.41) is 12.7. The number of rotatable bonds is 4. The minimum atomic E-state index is -1.15. The quantitative estimate of drug-likeness (QED) is 0.682. The zero-order chi connectivity index (χ0) is 23.8. The molecule has 0 bridgehead atoms. The van der Waals surface area contributed by atoms with E-state index >= 15 is 0 Å². The molecule has 2 amide bonds. The van der Waals surface area contributed by atoms with Crippen LogP contribution in [0.25, 0.3) is 0 Å². The van der Waals surface area contributed by atoms with Gasteiger partial charge in [0.25, 0.3) is 5.91 Å². The highest BCUT2D eigenvalue weighted by atomic mass is 35.5. The second-order valence-electron chi connectivity index (χ2n) is 8.38. The Bertz CT molecular complexity index is 1150. The number of benzene rings is 2. The average Bonchev–Trinajstić information content (AvgIpc) is 3.29. The summed E-state index contributed by atoms with van der Waals surface area (Å²) in [5.74, 6) is -0.914. The monoisotopic (exact) mass is 486 g/mol. The van der Waals surface area contributed by atoms with Gasteiger partial charge in [-0.1, -0.05) is 23.7 Å². The molecular formula is C24H23ClN2O7. The van der Waals surface area contributed by atoms with Crippen LogP contribution < -0.4 is 14.8 Å². The van der Waals surface area contributed by atoms with E-state index in [9.17, 15) is 19.5 Å². The largest absolute Gasteiger partial charge is 0.486 e. The van der Waals surface area contributed by atoms with Crippen LogP contribution >= 0.6 is 11.6 Å². The molecule has 3 aliphatic heterocycles. The number of nitrogens with one attached hydrogen (secondary N) is 1. The first-order valence-corrected chi connectivity index (χ1v) is 11.5. The van der Waals surface area contributed by atoms with Crippen molar-refractivity contribution in [1.82, 2.24) is 4.90 Å². The van der Waals surface area contributed by atoms with Gasteiger partial charge in [0, 0.05) is 28.4 Å². The number of aliphatic carboxylic acids is 1. The lowest BCUT2D eigenvalue weighted by atomic mass is 9.98. The molecule has 0 aromatic heterocycles. The number of likely N-dealkylation sites (tertiary alicyclic amines) is 1. The fourth-order valence-corrected chi connectivity index (χ4v) is 4.84. The molecule has 1 fully saturated rings. The second kappa shape index (κ2) is 9.15. The van der Waals surface area contributed by atoms with Crippen LogP contribution in [0.4, 0.5) is 5.69 Å². The Morgan fingerprint density at radius 1 is 1.15 bits per heavy atom. The number of halogens is 1. The van der Waals surface area contributed by atoms with Crippen molar-refractivity contribution in [2.24, 2.45) is 0 Å². The van der Waals surface area contributed by atoms with Gasteiger partial charge in [-0.2, -0.15) is 0 Å². The van der Waals surface area contributed by atoms with Crippen molar-refractivity contribution in [3.05, 3.63) is 52.5 Å². The number of amides is 2. The third-order valence-electron chi connectivity index (χ3n) is 6.24. The summed E-state index contributed by atoms with van der Waals surface area (Å²) in [4.78, 5) is 39.0. The summed E-state index contributed by atoms with van der Waals surface area (Å²) in [5.41, 5.74) is 1.76. The van der Waals surface area contributed by atoms with Crippen LogP contribution in [-0.2, 0) is 19.1 Å². The number of carbonyl (C=O) groups is 3. The topological polar surface area (TPSA) is 114 Å². The number of anilines is 1. The third-order valence-corrected chi connectivity index (χ3v) is 6.48. The number of fused-ring (bicyclic) bond motifs is 2. The molecule has 0 unspecified atom stereocenters. The molecular weight excluding hydrogens is 464 g/mol. The Morgan fingerprint density at radius 3 is 2.79 bits per heavy atom. The number of hydrogen-bond donors (Lipinski definition) is 2. The predicted molar refractivity (Wildman–Crippen MR) is 121 cm³/mol. The average molecular weight is 487 g/mol. The zero-order valence-corrected chi connectivity index (χ0v) is 18.9. The molecule has 3 heterocycles. The van der Waals surface area contributed by atoms with Gasteiger partial charge in [0.2, 0.25) is 5.91 Å². The predicted octanol–water partition coefficient (Wildman–Crippen LogP) is 3.00. The van der Waals surface area contributed by atoms with E-state index in [2.05, 4.69) is 5.32 Å². The summed E-state index contributed by atoms with van der Waals surface area (Å²) < 4.78 is 17.9. The number of nitrogens with zero attached hydrogens (tertiary/aromatic N) is 1. The van der Waals surface area contributed by atoms with Crippen molar-refractivity contribution in [3.8, 4) is 11.5 Å². The maximum atomic E-state index is 13.1. The molecule has 3 atom stereocenters. The Balaban J connectivity index is 1.50. The molecule has 9 nitrogen and oxygen atoms in total. The third kappa shape index (κ3) is 4.17. The fourth-order valence-electron chi connectivity index (χ4n) is 4.66. The van der Waals surface area contributed by atoms with Crippen molar-refractivity contribution in [3.63, 3.8) is 0 Å². The van der Waals surface area contributed by atoms with E-state index in [1.165, 1.54) is 4.90 Å². The van der Waals surface area contributed by atoms with Gasteiger partial charge in [0.05, 0.1) is 6.42 Å². The van der Waals surface area contributed by atoms with Crippen molar-refractivity contribution >= 4 is 35.1 Å². The number of hydrogen-bond acceptors (Lipinski definition) is 6. The lowest BCUT2D eigenvalue weighted by Crippen LogP contribution is -2.43. The Hall–Kier alpha value is -3.30. The summed E-state index contributed by atoms with van der Waals surface area (Å²) >= 11 is 6.27. The molecule has 2 aromatic carbocycles. The smallest absolute Gasteiger partial charge is 0.326 e. The molecule has 2 N–H and O–H groups in total. The number of para-hydroxylation sites is 1. The van der Waals surface area contributed by atoms with Crippen LogP contribution in [0.3, 0.4) is 0 Å². The van der Waals surface area contributed by atoms with Crippen LogP contribution in [0.1, 0.15) is 36.5 Å². The molecule has 2 aromatic rings. The van der Waals surface area contributed by atoms with E-state index in [1.807, 2.05) is 6.07 Å². The summed E-state index contributed by atoms with van der Waals surface area (Å²) in [7, 11) is 0. The maximum absolute atomic E-state index is 13.1. The van der Waals surface area contributed by atoms with Crippen LogP contribution in [0.15, 0.2) is 36.4 Å². The van der Waals surface area contributed by atoms with E-state index in [4.69, 9.17) is 25.8 Å². The van der Waals surface area contributed by atoms with Crippen molar-refractivity contribution in [2.75, 3.05) is 25.1 Å². The normalized spacial score (nSPS) is 23.6. The highest BCUT2D eigenvalue weighted by Crippen LogP contribution is 2.44. The minimum Gasteiger partial charge on any atom is -0.486 e. The molecule has 0 spiro atoms. The Kier molecular flexibility index (Phi) is 6.05. The first-order chi connectivity index (χ1) is 16.4. The molecule has 0 aliphatic carbocycles. The number of carboxylic acid groups (broad SMARTS) is 1. The number of carboxylic acids is 1. The molecule has 34 heavy (non-hydrogen) atoms. The highest BCUT2D eigenvalue weighted by Gasteiger charge is 2.39. The van der Waals surface area contributed by atoms with E-state index < -0.39 is 36.0 Å². The van der Waals surface area contributed by atoms with Crippen molar-refractivity contribution in [1.29, 1.82) is 0 Å². The molecule has 3 aliphatic rings. The summed E-state index contributed by atoms with van der Waals surface area (Å²) in [6.45, 7) is 1.12. The van der Waals surface area contributed by atoms with Gasteiger partial charge in [-0.3, -0.25) is 9.59 Å². The van der Waals surface area contributed by atoms with E-state index in [-0.39, 0.29) is 6.42 Å². The van der Waals surface area contributed by atoms with Crippen molar-refractivity contribution < 1.29 is 33.7 Å². The second-order valence-corrected chi connectivity index (χ2v) is 8.82. The van der Waals surface area contributed by atoms with E-state index in [1.54, 1.807) is 30.3 Å². The van der Waals surface area contributed by atoms with Gasteiger partial charge >= 0.3 is 5.97 Å². The zero-order valence-electron chi connectivity index (χ0n) is 18.2. The Labute approximate surface area is 200 Å². The molecule has 0 saturated carbocycles. The minimum absolute atomic E-state index is 0.291. The van der Waals surface area contributed by atoms with Crippen LogP contribution in [-0.4, -0.2) is 59.7 Å². The Morgan fingerprint density at radius 2 is 1.97 bits per heavy atom. The van der Waals surface area contributed by atoms with Gasteiger partial charge in [0.15, 0.2) is 11.5 Å². The van der Waals surface area contributed by atoms with Gasteiger partial charge in [0.1, 0.15) is 31.5 Å². The number of ether oxygens (including phenoxy) is 3. The van der Waals surface area contributed by atoms with Crippen LogP contribution in [0, 0.1) is 0 Å². The lowest BCUT2D eigenvalue weighted by Gasteiger charge is -2.28. The van der Waals surface area contributed by atoms with Gasteiger partial charge in [-0.05, 0) is 37.1 Å². The van der Waals surface area contributed by atoms with Gasteiger partial charge in [-0.15, -0.1) is 0 Å². The van der Waals surface area contributed by atoms with E-state index in [0.717, 1.165) is 0 Å². The number of carbonyl (C=O) groups excluding carboxylic acids is 2. The fraction of sp³-hybridized carbons (Fsp3) is 0.375. The first-order valence-electron chi connectivity index (χ1n) is 11.1. The summed E-state index contributed by atoms with van der Waals surface area (Å²) in [6, 6.07) is 9.57. The standard InChI is InChI=1S/C24H23ClN2O7/c25-13-6-7-16-15(11-13)21(14-3-1-5-18-22(14)33-10-9-32-18)34-19(23(29)26-16)12-20(28)27-8-2-4-17(27)24(30)31/h1,3,5-7,11,17,19,21H,2,4,8-10,12H2,(H,26,29)(H,30,31)/t17-,19-,21-/m0/s1. The molecule has 5 rings (SSSR count). The molecule has 10 heteroatoms. The van der Waals surface area contributed by atoms with Gasteiger partial charge < -0.3 is 29.5 Å². The molecule has 0 radical (unpaired) electrons. The van der Waals surface area contributed by atoms with Crippen LogP contribution in [0.2, 0.25) is 5.02 Å². The van der Waals surface area contributed by atoms with Crippen LogP contribution in [0.5, 0.6) is 11.5 Å².